The molecule has 0 aromatic carbocycles. The van der Waals surface area contributed by atoms with Crippen LogP contribution in [0, 0.1) is 11.8 Å². The molecule has 2 fully saturated rings. The van der Waals surface area contributed by atoms with Crippen molar-refractivity contribution in [1.82, 2.24) is 9.29 Å². The van der Waals surface area contributed by atoms with Crippen LogP contribution in [0.1, 0.15) is 36.2 Å². The summed E-state index contributed by atoms with van der Waals surface area (Å²) < 4.78 is 63.4. The summed E-state index contributed by atoms with van der Waals surface area (Å²) in [7, 11) is -2.62. The lowest BCUT2D eigenvalue weighted by atomic mass is 9.81. The third kappa shape index (κ3) is 4.06. The summed E-state index contributed by atoms with van der Waals surface area (Å²) in [6.45, 7) is -0.579. The molecular weight excluding hydrogens is 413 g/mol. The van der Waals surface area contributed by atoms with Crippen LogP contribution in [0.2, 0.25) is 0 Å². The number of carbonyl (C=O) groups excluding carboxylic acids is 2. The minimum Gasteiger partial charge on any atom is -0.506 e. The second-order valence-corrected chi connectivity index (χ2v) is 9.46. The summed E-state index contributed by atoms with van der Waals surface area (Å²) in [5.74, 6) is -2.64. The van der Waals surface area contributed by atoms with Crippen LogP contribution in [0.3, 0.4) is 0 Å². The largest absolute Gasteiger partial charge is 0.506 e. The number of aliphatic hydroxyl groups excluding tert-OH is 1. The summed E-state index contributed by atoms with van der Waals surface area (Å²) in [5, 5.41) is 10.7. The first-order valence-electron chi connectivity index (χ1n) is 8.81. The van der Waals surface area contributed by atoms with Gasteiger partial charge in [0.2, 0.25) is 10.0 Å². The van der Waals surface area contributed by atoms with Gasteiger partial charge in [0, 0.05) is 24.4 Å². The Labute approximate surface area is 165 Å². The summed E-state index contributed by atoms with van der Waals surface area (Å²) in [5.41, 5.74) is -2.39. The van der Waals surface area contributed by atoms with Gasteiger partial charge in [0.05, 0.1) is 18.5 Å². The van der Waals surface area contributed by atoms with Gasteiger partial charge in [-0.15, -0.1) is 0 Å². The number of allylic oxidation sites excluding steroid dienone is 1. The number of rotatable bonds is 4. The molecular formula is C18H19F3N2O5S. The molecule has 158 valence electrons. The number of sulfonamides is 1. The summed E-state index contributed by atoms with van der Waals surface area (Å²) >= 11 is 0. The lowest BCUT2D eigenvalue weighted by molar-refractivity contribution is -0.141. The Balaban J connectivity index is 2.15. The number of hydrogen-bond donors (Lipinski definition) is 1. The fourth-order valence-corrected chi connectivity index (χ4v) is 4.04. The van der Waals surface area contributed by atoms with E-state index in [2.05, 4.69) is 4.98 Å². The van der Waals surface area contributed by atoms with E-state index in [0.29, 0.717) is 25.3 Å². The van der Waals surface area contributed by atoms with Crippen molar-refractivity contribution >= 4 is 27.3 Å². The molecule has 0 amide bonds. The number of fused-ring (bicyclic) bond motifs is 2. The predicted octanol–water partition coefficient (Wildman–Crippen LogP) is 2.33. The Kier molecular flexibility index (Phi) is 5.33. The first-order chi connectivity index (χ1) is 13.3. The van der Waals surface area contributed by atoms with Crippen LogP contribution in [0.15, 0.2) is 17.7 Å². The van der Waals surface area contributed by atoms with E-state index >= 15 is 0 Å². The van der Waals surface area contributed by atoms with E-state index in [4.69, 9.17) is 0 Å². The molecule has 0 saturated heterocycles. The van der Waals surface area contributed by atoms with E-state index in [1.54, 1.807) is 0 Å². The van der Waals surface area contributed by atoms with Crippen molar-refractivity contribution in [2.24, 2.45) is 11.8 Å². The quantitative estimate of drug-likeness (QED) is 0.445. The van der Waals surface area contributed by atoms with Gasteiger partial charge in [-0.2, -0.15) is 17.5 Å². The van der Waals surface area contributed by atoms with Gasteiger partial charge in [0.15, 0.2) is 11.6 Å². The second kappa shape index (κ2) is 7.21. The molecule has 3 rings (SSSR count). The van der Waals surface area contributed by atoms with E-state index < -0.39 is 68.9 Å². The van der Waals surface area contributed by atoms with Gasteiger partial charge in [-0.25, -0.2) is 13.4 Å². The minimum atomic E-state index is -4.80. The molecule has 2 atom stereocenters. The number of aromatic nitrogens is 1. The average molecular weight is 432 g/mol. The molecule has 0 radical (unpaired) electrons. The van der Waals surface area contributed by atoms with Crippen molar-refractivity contribution < 1.29 is 36.3 Å². The molecule has 2 saturated carbocycles. The smallest absolute Gasteiger partial charge is 0.433 e. The van der Waals surface area contributed by atoms with Crippen LogP contribution in [0.25, 0.3) is 5.76 Å². The fraction of sp³-hybridized carbons (Fsp3) is 0.500. The highest BCUT2D eigenvalue weighted by Gasteiger charge is 2.45. The Bertz CT molecular complexity index is 993. The van der Waals surface area contributed by atoms with Crippen molar-refractivity contribution in [2.45, 2.75) is 32.0 Å². The summed E-state index contributed by atoms with van der Waals surface area (Å²) in [6.07, 6.45) is -2.49. The predicted molar refractivity (Wildman–Crippen MR) is 95.9 cm³/mol. The van der Waals surface area contributed by atoms with E-state index in [9.17, 15) is 36.3 Å². The molecule has 0 spiro atoms. The highest BCUT2D eigenvalue weighted by atomic mass is 32.2. The third-order valence-corrected chi connectivity index (χ3v) is 6.62. The number of ketones is 2. The molecule has 2 unspecified atom stereocenters. The van der Waals surface area contributed by atoms with E-state index in [1.165, 1.54) is 0 Å². The van der Waals surface area contributed by atoms with Gasteiger partial charge in [0.1, 0.15) is 17.0 Å². The van der Waals surface area contributed by atoms with Crippen molar-refractivity contribution in [3.8, 4) is 0 Å². The summed E-state index contributed by atoms with van der Waals surface area (Å²) in [6, 6.07) is 1.52. The number of aliphatic hydroxyl groups is 1. The Morgan fingerprint density at radius 3 is 2.24 bits per heavy atom. The molecule has 1 aromatic rings. The number of pyridine rings is 1. The van der Waals surface area contributed by atoms with Crippen molar-refractivity contribution in [3.63, 3.8) is 0 Å². The van der Waals surface area contributed by atoms with Crippen molar-refractivity contribution in [1.29, 1.82) is 0 Å². The number of nitrogens with zero attached hydrogens (tertiary/aromatic N) is 2. The van der Waals surface area contributed by atoms with Gasteiger partial charge in [0.25, 0.3) is 0 Å². The lowest BCUT2D eigenvalue weighted by Crippen LogP contribution is -2.30. The number of carbonyl (C=O) groups is 2. The number of Topliss-reactive ketones (excluding diaryl/α,β-unsaturated/α-hetero) is 2. The van der Waals surface area contributed by atoms with Crippen LogP contribution in [0.5, 0.6) is 0 Å². The second-order valence-electron chi connectivity index (χ2n) is 7.37. The van der Waals surface area contributed by atoms with Gasteiger partial charge < -0.3 is 5.11 Å². The molecule has 1 heterocycles. The molecule has 29 heavy (non-hydrogen) atoms. The molecule has 2 aliphatic rings. The number of alkyl halides is 3. The number of halogens is 3. The third-order valence-electron chi connectivity index (χ3n) is 5.36. The first kappa shape index (κ1) is 21.4. The zero-order valence-electron chi connectivity index (χ0n) is 15.7. The minimum absolute atomic E-state index is 0.272. The fourth-order valence-electron chi connectivity index (χ4n) is 3.68. The Morgan fingerprint density at radius 1 is 1.21 bits per heavy atom. The monoisotopic (exact) mass is 432 g/mol. The van der Waals surface area contributed by atoms with E-state index in [1.807, 2.05) is 0 Å². The zero-order valence-corrected chi connectivity index (χ0v) is 16.5. The molecule has 11 heteroatoms. The van der Waals surface area contributed by atoms with Gasteiger partial charge in [-0.05, 0) is 31.4 Å². The van der Waals surface area contributed by atoms with Gasteiger partial charge in [-0.3, -0.25) is 9.59 Å². The molecule has 1 N–H and O–H groups in total. The topological polar surface area (TPSA) is 105 Å². The van der Waals surface area contributed by atoms with Gasteiger partial charge in [-0.1, -0.05) is 0 Å². The Morgan fingerprint density at radius 2 is 1.76 bits per heavy atom. The van der Waals surface area contributed by atoms with E-state index in [0.717, 1.165) is 23.7 Å². The zero-order chi connectivity index (χ0) is 21.7. The SMILES string of the molecule is CN(Cc1nc(C(F)(F)F)ccc1C(O)=C1C(=O)C2CCC(C2)C1=O)S(C)(=O)=O. The normalized spacial score (nSPS) is 22.5. The molecule has 1 aromatic heterocycles. The first-order valence-corrected chi connectivity index (χ1v) is 10.7. The maximum Gasteiger partial charge on any atom is 0.433 e. The molecule has 2 bridgehead atoms. The Hall–Kier alpha value is -2.27. The molecule has 2 aliphatic carbocycles. The highest BCUT2D eigenvalue weighted by molar-refractivity contribution is 7.88. The molecule has 0 aliphatic heterocycles. The van der Waals surface area contributed by atoms with Crippen molar-refractivity contribution in [3.05, 3.63) is 34.7 Å². The average Bonchev–Trinajstić information content (AvgIpc) is 3.05. The highest BCUT2D eigenvalue weighted by Crippen LogP contribution is 2.42. The molecule has 7 nitrogen and oxygen atoms in total. The summed E-state index contributed by atoms with van der Waals surface area (Å²) in [4.78, 5) is 28.6. The van der Waals surface area contributed by atoms with Crippen LogP contribution in [-0.2, 0) is 32.3 Å². The maximum atomic E-state index is 13.1. The van der Waals surface area contributed by atoms with Gasteiger partial charge >= 0.3 is 6.18 Å². The van der Waals surface area contributed by atoms with Crippen LogP contribution in [0.4, 0.5) is 13.2 Å². The van der Waals surface area contributed by atoms with Crippen LogP contribution >= 0.6 is 0 Å². The standard InChI is InChI=1S/C18H19F3N2O5S/c1-23(29(2,27)28)8-12-11(5-6-13(22-12)18(19,20)21)17(26)14-15(24)9-3-4-10(7-9)16(14)25/h5-6,9-10,26H,3-4,7-8H2,1-2H3. The van der Waals surface area contributed by atoms with Crippen LogP contribution < -0.4 is 0 Å². The maximum absolute atomic E-state index is 13.1. The van der Waals surface area contributed by atoms with E-state index in [-0.39, 0.29) is 5.56 Å². The number of hydrogen-bond acceptors (Lipinski definition) is 6. The lowest BCUT2D eigenvalue weighted by Gasteiger charge is -2.22. The van der Waals surface area contributed by atoms with Crippen molar-refractivity contribution in [2.75, 3.05) is 13.3 Å². The van der Waals surface area contributed by atoms with Crippen LogP contribution in [-0.4, -0.2) is 47.7 Å².